The molecule has 0 saturated heterocycles. The van der Waals surface area contributed by atoms with E-state index in [2.05, 4.69) is 4.72 Å². The summed E-state index contributed by atoms with van der Waals surface area (Å²) < 4.78 is 36.3. The molecule has 6 nitrogen and oxygen atoms in total. The Morgan fingerprint density at radius 3 is 2.59 bits per heavy atom. The number of thiazole rings is 1. The average Bonchev–Trinajstić information content (AvgIpc) is 3.13. The lowest BCUT2D eigenvalue weighted by molar-refractivity contribution is 0.336. The van der Waals surface area contributed by atoms with E-state index >= 15 is 0 Å². The summed E-state index contributed by atoms with van der Waals surface area (Å²) in [6.45, 7) is 3.21. The van der Waals surface area contributed by atoms with Crippen molar-refractivity contribution < 1.29 is 13.2 Å². The number of hydrogen-bond acceptors (Lipinski definition) is 5. The van der Waals surface area contributed by atoms with Crippen LogP contribution in [0.4, 0.5) is 0 Å². The Kier molecular flexibility index (Phi) is 7.73. The minimum absolute atomic E-state index is 0.138. The molecule has 0 radical (unpaired) electrons. The van der Waals surface area contributed by atoms with Gasteiger partial charge in [0.2, 0.25) is 10.0 Å². The van der Waals surface area contributed by atoms with Crippen LogP contribution >= 0.6 is 22.9 Å². The second-order valence-electron chi connectivity index (χ2n) is 7.75. The highest BCUT2D eigenvalue weighted by Gasteiger charge is 2.17. The van der Waals surface area contributed by atoms with Crippen molar-refractivity contribution in [1.82, 2.24) is 9.29 Å². The van der Waals surface area contributed by atoms with Crippen LogP contribution in [0.3, 0.4) is 0 Å². The fourth-order valence-electron chi connectivity index (χ4n) is 3.71. The number of sulfonamides is 1. The standard InChI is InChI=1S/C25H25ClN2O4S2/c1-2-32-23-8-4-3-6-19(23)7-5-15-27-34(30,31)21-13-14-22-24(16-21)33-25(29)28(22)17-18-9-11-20(26)12-10-18/h3-4,6,8-14,16,27H,2,5,7,15,17H2,1H3. The molecule has 4 rings (SSSR count). The lowest BCUT2D eigenvalue weighted by Gasteiger charge is -2.11. The molecule has 0 aliphatic heterocycles. The Bertz CT molecular complexity index is 1440. The second-order valence-corrected chi connectivity index (χ2v) is 10.9. The Labute approximate surface area is 207 Å². The monoisotopic (exact) mass is 516 g/mol. The van der Waals surface area contributed by atoms with Gasteiger partial charge in [0.1, 0.15) is 5.75 Å². The molecule has 34 heavy (non-hydrogen) atoms. The average molecular weight is 517 g/mol. The van der Waals surface area contributed by atoms with Gasteiger partial charge in [-0.15, -0.1) is 0 Å². The van der Waals surface area contributed by atoms with E-state index in [-0.39, 0.29) is 9.77 Å². The number of nitrogens with zero attached hydrogens (tertiary/aromatic N) is 1. The minimum atomic E-state index is -3.69. The normalized spacial score (nSPS) is 11.7. The summed E-state index contributed by atoms with van der Waals surface area (Å²) in [4.78, 5) is 12.6. The smallest absolute Gasteiger partial charge is 0.308 e. The second kappa shape index (κ2) is 10.7. The first-order valence-corrected chi connectivity index (χ1v) is 13.6. The topological polar surface area (TPSA) is 77.4 Å². The highest BCUT2D eigenvalue weighted by atomic mass is 35.5. The van der Waals surface area contributed by atoms with E-state index in [9.17, 15) is 13.2 Å². The first-order valence-electron chi connectivity index (χ1n) is 11.0. The predicted octanol–water partition coefficient (Wildman–Crippen LogP) is 5.07. The highest BCUT2D eigenvalue weighted by molar-refractivity contribution is 7.89. The number of aromatic nitrogens is 1. The Hall–Kier alpha value is -2.65. The van der Waals surface area contributed by atoms with Crippen molar-refractivity contribution in [3.63, 3.8) is 0 Å². The van der Waals surface area contributed by atoms with Gasteiger partial charge in [0.15, 0.2) is 0 Å². The number of rotatable bonds is 10. The van der Waals surface area contributed by atoms with Crippen molar-refractivity contribution in [2.24, 2.45) is 0 Å². The number of ether oxygens (including phenoxy) is 1. The van der Waals surface area contributed by atoms with E-state index < -0.39 is 10.0 Å². The molecule has 0 amide bonds. The molecule has 0 aliphatic rings. The van der Waals surface area contributed by atoms with Crippen molar-refractivity contribution in [3.05, 3.63) is 92.5 Å². The van der Waals surface area contributed by atoms with Crippen LogP contribution in [0.25, 0.3) is 10.2 Å². The molecular weight excluding hydrogens is 492 g/mol. The molecule has 0 bridgehead atoms. The molecule has 4 aromatic rings. The summed E-state index contributed by atoms with van der Waals surface area (Å²) in [5.74, 6) is 0.830. The van der Waals surface area contributed by atoms with E-state index in [1.54, 1.807) is 34.9 Å². The van der Waals surface area contributed by atoms with Crippen molar-refractivity contribution >= 4 is 43.2 Å². The molecule has 0 spiro atoms. The summed E-state index contributed by atoms with van der Waals surface area (Å²) in [7, 11) is -3.69. The predicted molar refractivity (Wildman–Crippen MR) is 138 cm³/mol. The minimum Gasteiger partial charge on any atom is -0.494 e. The van der Waals surface area contributed by atoms with E-state index in [0.29, 0.717) is 47.8 Å². The number of benzene rings is 3. The Balaban J connectivity index is 1.44. The van der Waals surface area contributed by atoms with E-state index in [4.69, 9.17) is 16.3 Å². The first-order chi connectivity index (χ1) is 16.4. The maximum absolute atomic E-state index is 12.8. The maximum Gasteiger partial charge on any atom is 0.308 e. The summed E-state index contributed by atoms with van der Waals surface area (Å²) in [6, 6.07) is 19.9. The van der Waals surface area contributed by atoms with Crippen LogP contribution in [-0.2, 0) is 23.0 Å². The summed E-state index contributed by atoms with van der Waals surface area (Å²) in [5, 5.41) is 0.632. The number of halogens is 1. The number of hydrogen-bond donors (Lipinski definition) is 1. The number of nitrogens with one attached hydrogen (secondary N) is 1. The van der Waals surface area contributed by atoms with Crippen molar-refractivity contribution in [1.29, 1.82) is 0 Å². The molecule has 0 atom stereocenters. The Morgan fingerprint density at radius 1 is 1.06 bits per heavy atom. The van der Waals surface area contributed by atoms with Gasteiger partial charge in [-0.1, -0.05) is 53.3 Å². The van der Waals surface area contributed by atoms with Crippen molar-refractivity contribution in [3.8, 4) is 5.75 Å². The molecule has 9 heteroatoms. The van der Waals surface area contributed by atoms with Crippen molar-refractivity contribution in [2.45, 2.75) is 31.2 Å². The third-order valence-corrected chi connectivity index (χ3v) is 8.04. The zero-order valence-electron chi connectivity index (χ0n) is 18.7. The summed E-state index contributed by atoms with van der Waals surface area (Å²) >= 11 is 6.98. The summed E-state index contributed by atoms with van der Waals surface area (Å²) in [5.41, 5.74) is 2.70. The van der Waals surface area contributed by atoms with Crippen LogP contribution < -0.4 is 14.3 Å². The van der Waals surface area contributed by atoms with Gasteiger partial charge in [-0.2, -0.15) is 0 Å². The number of aryl methyl sites for hydroxylation is 1. The maximum atomic E-state index is 12.8. The molecule has 0 unspecified atom stereocenters. The molecule has 1 heterocycles. The molecule has 178 valence electrons. The third-order valence-electron chi connectivity index (χ3n) is 5.39. The van der Waals surface area contributed by atoms with Crippen LogP contribution in [-0.4, -0.2) is 26.1 Å². The SMILES string of the molecule is CCOc1ccccc1CCCNS(=O)(=O)c1ccc2c(c1)sc(=O)n2Cc1ccc(Cl)cc1. The van der Waals surface area contributed by atoms with Crippen LogP contribution in [0, 0.1) is 0 Å². The van der Waals surface area contributed by atoms with Crippen LogP contribution in [0.2, 0.25) is 5.02 Å². The molecule has 1 aromatic heterocycles. The zero-order chi connectivity index (χ0) is 24.1. The Morgan fingerprint density at radius 2 is 1.82 bits per heavy atom. The molecule has 0 saturated carbocycles. The molecular formula is C25H25ClN2O4S2. The highest BCUT2D eigenvalue weighted by Crippen LogP contribution is 2.23. The van der Waals surface area contributed by atoms with Crippen LogP contribution in [0.15, 0.2) is 76.4 Å². The summed E-state index contributed by atoms with van der Waals surface area (Å²) in [6.07, 6.45) is 1.34. The first kappa shape index (κ1) is 24.5. The van der Waals surface area contributed by atoms with Gasteiger partial charge in [-0.05, 0) is 67.3 Å². The quantitative estimate of drug-likeness (QED) is 0.298. The van der Waals surface area contributed by atoms with Gasteiger partial charge in [0, 0.05) is 11.6 Å². The fourth-order valence-corrected chi connectivity index (χ4v) is 5.94. The molecule has 0 fully saturated rings. The van der Waals surface area contributed by atoms with Crippen molar-refractivity contribution in [2.75, 3.05) is 13.2 Å². The van der Waals surface area contributed by atoms with E-state index in [0.717, 1.165) is 28.2 Å². The van der Waals surface area contributed by atoms with E-state index in [1.807, 2.05) is 43.3 Å². The largest absolute Gasteiger partial charge is 0.494 e. The molecule has 0 aliphatic carbocycles. The molecule has 1 N–H and O–H groups in total. The van der Waals surface area contributed by atoms with Gasteiger partial charge in [0.05, 0.1) is 28.3 Å². The van der Waals surface area contributed by atoms with Gasteiger partial charge < -0.3 is 4.74 Å². The lowest BCUT2D eigenvalue weighted by atomic mass is 10.1. The fraction of sp³-hybridized carbons (Fsp3) is 0.240. The van der Waals surface area contributed by atoms with Crippen LogP contribution in [0.1, 0.15) is 24.5 Å². The van der Waals surface area contributed by atoms with Gasteiger partial charge in [-0.25, -0.2) is 13.1 Å². The van der Waals surface area contributed by atoms with Gasteiger partial charge >= 0.3 is 4.87 Å². The third kappa shape index (κ3) is 5.70. The van der Waals surface area contributed by atoms with Gasteiger partial charge in [0.25, 0.3) is 0 Å². The lowest BCUT2D eigenvalue weighted by Crippen LogP contribution is -2.25. The van der Waals surface area contributed by atoms with Gasteiger partial charge in [-0.3, -0.25) is 9.36 Å². The number of para-hydroxylation sites is 1. The molecule has 3 aromatic carbocycles. The van der Waals surface area contributed by atoms with Crippen LogP contribution in [0.5, 0.6) is 5.75 Å². The number of fused-ring (bicyclic) bond motifs is 1. The zero-order valence-corrected chi connectivity index (χ0v) is 21.0. The van der Waals surface area contributed by atoms with E-state index in [1.165, 1.54) is 0 Å².